The Hall–Kier alpha value is -2.18. The Morgan fingerprint density at radius 2 is 1.90 bits per heavy atom. The highest BCUT2D eigenvalue weighted by atomic mass is 35.5. The van der Waals surface area contributed by atoms with E-state index in [2.05, 4.69) is 11.0 Å². The molecule has 0 radical (unpaired) electrons. The lowest BCUT2D eigenvalue weighted by atomic mass is 10.1. The summed E-state index contributed by atoms with van der Waals surface area (Å²) in [6.45, 7) is 1.30. The minimum atomic E-state index is 0.468. The molecule has 0 saturated carbocycles. The van der Waals surface area contributed by atoms with Crippen molar-refractivity contribution in [2.75, 3.05) is 17.2 Å². The molecule has 0 aromatic heterocycles. The van der Waals surface area contributed by atoms with Crippen molar-refractivity contribution in [3.05, 3.63) is 59.1 Å². The Kier molecular flexibility index (Phi) is 4.86. The topological polar surface area (TPSA) is 53.0 Å². The number of nitrogens with two attached hydrogens (primary N) is 1. The molecule has 0 fully saturated rings. The van der Waals surface area contributed by atoms with E-state index in [4.69, 9.17) is 22.6 Å². The van der Waals surface area contributed by atoms with Crippen LogP contribution in [0.25, 0.3) is 0 Å². The number of nitrogens with zero attached hydrogens (tertiary/aromatic N) is 2. The molecule has 0 saturated heterocycles. The monoisotopic (exact) mass is 285 g/mol. The van der Waals surface area contributed by atoms with Gasteiger partial charge in [-0.15, -0.1) is 0 Å². The van der Waals surface area contributed by atoms with Crippen LogP contribution in [-0.2, 0) is 6.54 Å². The normalized spacial score (nSPS) is 10.0. The predicted octanol–water partition coefficient (Wildman–Crippen LogP) is 3.84. The number of para-hydroxylation sites is 1. The van der Waals surface area contributed by atoms with Gasteiger partial charge in [-0.3, -0.25) is 0 Å². The minimum absolute atomic E-state index is 0.468. The fourth-order valence-electron chi connectivity index (χ4n) is 2.04. The third-order valence-corrected chi connectivity index (χ3v) is 3.32. The molecule has 3 nitrogen and oxygen atoms in total. The maximum atomic E-state index is 8.80. The largest absolute Gasteiger partial charge is 0.398 e. The molecular weight excluding hydrogens is 270 g/mol. The second kappa shape index (κ2) is 6.83. The Morgan fingerprint density at radius 1 is 1.15 bits per heavy atom. The number of nitriles is 1. The Morgan fingerprint density at radius 3 is 2.60 bits per heavy atom. The van der Waals surface area contributed by atoms with Gasteiger partial charge >= 0.3 is 0 Å². The summed E-state index contributed by atoms with van der Waals surface area (Å²) in [7, 11) is 0. The average molecular weight is 286 g/mol. The van der Waals surface area contributed by atoms with Crippen LogP contribution in [0.15, 0.2) is 48.5 Å². The van der Waals surface area contributed by atoms with E-state index in [1.165, 1.54) is 0 Å². The van der Waals surface area contributed by atoms with Crippen molar-refractivity contribution in [1.82, 2.24) is 0 Å². The first-order valence-corrected chi connectivity index (χ1v) is 6.79. The number of halogens is 1. The summed E-state index contributed by atoms with van der Waals surface area (Å²) in [5.74, 6) is 0. The highest BCUT2D eigenvalue weighted by Gasteiger charge is 2.09. The van der Waals surface area contributed by atoms with Gasteiger partial charge in [-0.2, -0.15) is 5.26 Å². The van der Waals surface area contributed by atoms with Crippen LogP contribution in [-0.4, -0.2) is 6.54 Å². The molecule has 0 amide bonds. The molecule has 0 aliphatic heterocycles. The van der Waals surface area contributed by atoms with Crippen LogP contribution in [0.5, 0.6) is 0 Å². The van der Waals surface area contributed by atoms with Crippen LogP contribution in [0.1, 0.15) is 12.0 Å². The Balaban J connectivity index is 2.24. The Bertz CT molecular complexity index is 605. The number of benzene rings is 2. The zero-order valence-electron chi connectivity index (χ0n) is 11.1. The molecule has 0 aliphatic carbocycles. The van der Waals surface area contributed by atoms with E-state index < -0.39 is 0 Å². The minimum Gasteiger partial charge on any atom is -0.398 e. The first-order chi connectivity index (χ1) is 9.70. The molecule has 102 valence electrons. The molecule has 0 heterocycles. The van der Waals surface area contributed by atoms with E-state index >= 15 is 0 Å². The number of rotatable bonds is 5. The third kappa shape index (κ3) is 3.66. The van der Waals surface area contributed by atoms with E-state index in [1.54, 1.807) is 6.07 Å². The molecule has 0 spiro atoms. The van der Waals surface area contributed by atoms with Gasteiger partial charge in [0.15, 0.2) is 0 Å². The second-order valence-corrected chi connectivity index (χ2v) is 4.94. The van der Waals surface area contributed by atoms with Gasteiger partial charge in [-0.05, 0) is 35.9 Å². The van der Waals surface area contributed by atoms with Crippen LogP contribution >= 0.6 is 11.6 Å². The van der Waals surface area contributed by atoms with Crippen molar-refractivity contribution in [2.24, 2.45) is 0 Å². The predicted molar refractivity (Wildman–Crippen MR) is 83.6 cm³/mol. The lowest BCUT2D eigenvalue weighted by Crippen LogP contribution is -2.24. The van der Waals surface area contributed by atoms with E-state index in [1.807, 2.05) is 42.5 Å². The summed E-state index contributed by atoms with van der Waals surface area (Å²) in [5, 5.41) is 9.47. The van der Waals surface area contributed by atoms with Crippen LogP contribution in [0.3, 0.4) is 0 Å². The molecule has 4 heteroatoms. The summed E-state index contributed by atoms with van der Waals surface area (Å²) in [5.41, 5.74) is 8.75. The van der Waals surface area contributed by atoms with Crippen LogP contribution in [0.4, 0.5) is 11.4 Å². The number of anilines is 2. The fraction of sp³-hybridized carbons (Fsp3) is 0.188. The fourth-order valence-corrected chi connectivity index (χ4v) is 2.23. The number of nitrogen functional groups attached to an aromatic ring is 1. The molecular formula is C16H16ClN3. The lowest BCUT2D eigenvalue weighted by molar-refractivity contribution is 0.799. The zero-order chi connectivity index (χ0) is 14.4. The standard InChI is InChI=1S/C16H16ClN3/c17-14-7-8-16(19)13(11-14)12-20(10-4-9-18)15-5-2-1-3-6-15/h1-3,5-8,11H,4,10,12,19H2. The Labute approximate surface area is 124 Å². The molecule has 2 rings (SSSR count). The van der Waals surface area contributed by atoms with Gasteiger partial charge in [0.25, 0.3) is 0 Å². The summed E-state index contributed by atoms with van der Waals surface area (Å²) in [6, 6.07) is 17.6. The van der Waals surface area contributed by atoms with Gasteiger partial charge in [0.1, 0.15) is 0 Å². The van der Waals surface area contributed by atoms with Crippen molar-refractivity contribution in [1.29, 1.82) is 5.26 Å². The molecule has 20 heavy (non-hydrogen) atoms. The van der Waals surface area contributed by atoms with Crippen molar-refractivity contribution in [3.8, 4) is 6.07 Å². The van der Waals surface area contributed by atoms with Gasteiger partial charge in [0.05, 0.1) is 12.5 Å². The molecule has 0 aliphatic rings. The first-order valence-electron chi connectivity index (χ1n) is 6.41. The summed E-state index contributed by atoms with van der Waals surface area (Å²) in [6.07, 6.45) is 0.468. The highest BCUT2D eigenvalue weighted by Crippen LogP contribution is 2.23. The van der Waals surface area contributed by atoms with Crippen LogP contribution < -0.4 is 10.6 Å². The van der Waals surface area contributed by atoms with E-state index in [-0.39, 0.29) is 0 Å². The maximum absolute atomic E-state index is 8.80. The van der Waals surface area contributed by atoms with Gasteiger partial charge in [0, 0.05) is 29.5 Å². The lowest BCUT2D eigenvalue weighted by Gasteiger charge is -2.24. The van der Waals surface area contributed by atoms with Crippen LogP contribution in [0, 0.1) is 11.3 Å². The molecule has 2 aromatic carbocycles. The number of hydrogen-bond acceptors (Lipinski definition) is 3. The zero-order valence-corrected chi connectivity index (χ0v) is 11.8. The van der Waals surface area contributed by atoms with Gasteiger partial charge in [-0.25, -0.2) is 0 Å². The van der Waals surface area contributed by atoms with E-state index in [9.17, 15) is 0 Å². The number of hydrogen-bond donors (Lipinski definition) is 1. The van der Waals surface area contributed by atoms with E-state index in [0.29, 0.717) is 30.2 Å². The van der Waals surface area contributed by atoms with Crippen molar-refractivity contribution in [3.63, 3.8) is 0 Å². The van der Waals surface area contributed by atoms with Crippen molar-refractivity contribution < 1.29 is 0 Å². The first kappa shape index (κ1) is 14.2. The summed E-state index contributed by atoms with van der Waals surface area (Å²) in [4.78, 5) is 2.13. The molecule has 0 atom stereocenters. The van der Waals surface area contributed by atoms with Gasteiger partial charge in [0.2, 0.25) is 0 Å². The molecule has 2 N–H and O–H groups in total. The maximum Gasteiger partial charge on any atom is 0.0640 e. The average Bonchev–Trinajstić information content (AvgIpc) is 2.48. The SMILES string of the molecule is N#CCCN(Cc1cc(Cl)ccc1N)c1ccccc1. The quantitative estimate of drug-likeness (QED) is 0.849. The van der Waals surface area contributed by atoms with Crippen LogP contribution in [0.2, 0.25) is 5.02 Å². The van der Waals surface area contributed by atoms with Crippen molar-refractivity contribution >= 4 is 23.0 Å². The molecule has 2 aromatic rings. The van der Waals surface area contributed by atoms with Gasteiger partial charge < -0.3 is 10.6 Å². The summed E-state index contributed by atoms with van der Waals surface area (Å²) < 4.78 is 0. The van der Waals surface area contributed by atoms with E-state index in [0.717, 1.165) is 11.3 Å². The second-order valence-electron chi connectivity index (χ2n) is 4.51. The highest BCUT2D eigenvalue weighted by molar-refractivity contribution is 6.30. The smallest absolute Gasteiger partial charge is 0.0640 e. The third-order valence-electron chi connectivity index (χ3n) is 3.08. The van der Waals surface area contributed by atoms with Crippen molar-refractivity contribution in [2.45, 2.75) is 13.0 Å². The molecule has 0 bridgehead atoms. The summed E-state index contributed by atoms with van der Waals surface area (Å²) >= 11 is 6.02. The van der Waals surface area contributed by atoms with Gasteiger partial charge in [-0.1, -0.05) is 29.8 Å². The molecule has 0 unspecified atom stereocenters.